The third-order valence-electron chi connectivity index (χ3n) is 8.98. The average Bonchev–Trinajstić information content (AvgIpc) is 3.64. The summed E-state index contributed by atoms with van der Waals surface area (Å²) in [6.07, 6.45) is 8.37. The second-order valence-corrected chi connectivity index (χ2v) is 14.3. The first-order chi connectivity index (χ1) is 24.2. The van der Waals surface area contributed by atoms with Gasteiger partial charge in [0.15, 0.2) is 5.78 Å². The number of nitrogens with zero attached hydrogens (tertiary/aromatic N) is 7. The molecule has 0 saturated carbocycles. The Labute approximate surface area is 301 Å². The Bertz CT molecular complexity index is 2050. The fourth-order valence-electron chi connectivity index (χ4n) is 6.06. The molecule has 0 unspecified atom stereocenters. The molecule has 0 spiro atoms. The topological polar surface area (TPSA) is 174 Å². The molecule has 0 aliphatic carbocycles. The molecule has 2 aliphatic rings. The Balaban J connectivity index is 1.33. The largest absolute Gasteiger partial charge is 0.373 e. The lowest BCUT2D eigenvalue weighted by molar-refractivity contribution is -0.137. The molecule has 16 heteroatoms. The van der Waals surface area contributed by atoms with E-state index >= 15 is 4.39 Å². The molecule has 6 rings (SSSR count). The van der Waals surface area contributed by atoms with Crippen molar-refractivity contribution in [2.45, 2.75) is 65.4 Å². The van der Waals surface area contributed by atoms with Crippen molar-refractivity contribution in [3.63, 3.8) is 0 Å². The molecular weight excluding hydrogens is 725 g/mol. The summed E-state index contributed by atoms with van der Waals surface area (Å²) in [6.45, 7) is 5.70. The molecule has 1 saturated heterocycles. The molecule has 266 valence electrons. The zero-order chi connectivity index (χ0) is 36.5. The summed E-state index contributed by atoms with van der Waals surface area (Å²) >= 11 is 3.33. The zero-order valence-corrected chi connectivity index (χ0v) is 30.2. The molecule has 2 aliphatic heterocycles. The Hall–Kier alpha value is -4.96. The highest BCUT2D eigenvalue weighted by molar-refractivity contribution is 9.10. The van der Waals surface area contributed by atoms with Gasteiger partial charge in [-0.2, -0.15) is 5.10 Å². The van der Waals surface area contributed by atoms with Crippen LogP contribution in [0.1, 0.15) is 55.5 Å². The number of anilines is 1. The van der Waals surface area contributed by atoms with Crippen molar-refractivity contribution in [2.75, 3.05) is 25.0 Å². The minimum atomic E-state index is -2.13. The molecule has 0 aromatic carbocycles. The monoisotopic (exact) mass is 761 g/mol. The molecule has 14 nitrogen and oxygen atoms in total. The van der Waals surface area contributed by atoms with Gasteiger partial charge in [-0.15, -0.1) is 0 Å². The Morgan fingerprint density at radius 1 is 1.12 bits per heavy atom. The number of aryl methyl sites for hydroxylation is 1. The Kier molecular flexibility index (Phi) is 10.1. The number of hydrogen-bond donors (Lipinski definition) is 2. The van der Waals surface area contributed by atoms with E-state index in [1.165, 1.54) is 17.8 Å². The number of allylic oxidation sites excluding steroid dienone is 1. The molecule has 2 bridgehead atoms. The number of rotatable bonds is 4. The van der Waals surface area contributed by atoms with Crippen molar-refractivity contribution in [3.8, 4) is 11.3 Å². The quantitative estimate of drug-likeness (QED) is 0.175. The van der Waals surface area contributed by atoms with Crippen molar-refractivity contribution >= 4 is 56.2 Å². The standard InChI is InChI=1S/C35H37BrFN9O5/c1-20(47)30-24-11-25(23-13-38-21(2)39-14-23)40-15-27(24)46(44-30)16-29(48)45-19-35(37)12-26(45)32(49)43-31-22(7-8-28(36)42-31)17-51-10-6-5-9-34(3,4)33(50)41-18-35/h5-8,11,13-15,26H,9-10,12,16-19H2,1-4H3,(H,41,50)(H,42,43,49)/b6-5-/t26-,35-/m0/s1. The maximum atomic E-state index is 16.7. The van der Waals surface area contributed by atoms with E-state index < -0.39 is 48.6 Å². The van der Waals surface area contributed by atoms with Crippen molar-refractivity contribution < 1.29 is 28.3 Å². The van der Waals surface area contributed by atoms with Gasteiger partial charge >= 0.3 is 0 Å². The van der Waals surface area contributed by atoms with Crippen LogP contribution in [0.3, 0.4) is 0 Å². The lowest BCUT2D eigenvalue weighted by Crippen LogP contribution is -2.47. The first-order valence-corrected chi connectivity index (χ1v) is 17.1. The maximum absolute atomic E-state index is 16.7. The second kappa shape index (κ2) is 14.3. The van der Waals surface area contributed by atoms with Gasteiger partial charge in [0.05, 0.1) is 43.7 Å². The van der Waals surface area contributed by atoms with Gasteiger partial charge in [0.25, 0.3) is 0 Å². The van der Waals surface area contributed by atoms with Crippen LogP contribution >= 0.6 is 15.9 Å². The number of Topliss-reactive ketones (excluding diaryl/α,β-unsaturated/α-hetero) is 1. The van der Waals surface area contributed by atoms with Crippen LogP contribution < -0.4 is 10.6 Å². The molecule has 4 aromatic rings. The third kappa shape index (κ3) is 7.86. The fraction of sp³-hybridized carbons (Fsp3) is 0.400. The van der Waals surface area contributed by atoms with Crippen molar-refractivity contribution in [1.82, 2.24) is 39.9 Å². The predicted octanol–water partition coefficient (Wildman–Crippen LogP) is 4.12. The molecule has 1 fully saturated rings. The van der Waals surface area contributed by atoms with E-state index in [-0.39, 0.29) is 42.8 Å². The summed E-state index contributed by atoms with van der Waals surface area (Å²) in [5, 5.41) is 10.4. The second-order valence-electron chi connectivity index (χ2n) is 13.4. The van der Waals surface area contributed by atoms with Gasteiger partial charge in [-0.05, 0) is 41.4 Å². The number of carbonyl (C=O) groups excluding carboxylic acids is 4. The zero-order valence-electron chi connectivity index (χ0n) is 28.6. The van der Waals surface area contributed by atoms with E-state index in [1.807, 2.05) is 6.08 Å². The van der Waals surface area contributed by atoms with Gasteiger partial charge in [-0.25, -0.2) is 19.3 Å². The van der Waals surface area contributed by atoms with E-state index in [1.54, 1.807) is 57.4 Å². The summed E-state index contributed by atoms with van der Waals surface area (Å²) in [7, 11) is 0. The number of ether oxygens (including phenoxy) is 1. The lowest BCUT2D eigenvalue weighted by Gasteiger charge is -2.26. The van der Waals surface area contributed by atoms with E-state index in [4.69, 9.17) is 4.74 Å². The smallest absolute Gasteiger partial charge is 0.248 e. The number of carbonyl (C=O) groups is 4. The third-order valence-corrected chi connectivity index (χ3v) is 9.42. The summed E-state index contributed by atoms with van der Waals surface area (Å²) in [4.78, 5) is 72.3. The van der Waals surface area contributed by atoms with Crippen LogP contribution in [0.25, 0.3) is 22.2 Å². The highest BCUT2D eigenvalue weighted by Gasteiger charge is 2.50. The van der Waals surface area contributed by atoms with Gasteiger partial charge in [-0.3, -0.25) is 28.8 Å². The SMILES string of the molecule is CC(=O)c1nn(CC(=O)N2C[C@@]3(F)CNC(=O)C(C)(C)C/C=C\COCc4ccc(Br)nc4NC(=O)[C@@H]2C3)c2cnc(-c3cnc(C)nc3)cc12. The van der Waals surface area contributed by atoms with E-state index in [9.17, 15) is 19.2 Å². The van der Waals surface area contributed by atoms with E-state index in [0.717, 1.165) is 4.90 Å². The van der Waals surface area contributed by atoms with Gasteiger partial charge < -0.3 is 20.3 Å². The first kappa shape index (κ1) is 35.9. The molecule has 2 N–H and O–H groups in total. The molecule has 4 aromatic heterocycles. The van der Waals surface area contributed by atoms with Gasteiger partial charge in [0.2, 0.25) is 17.7 Å². The predicted molar refractivity (Wildman–Crippen MR) is 188 cm³/mol. The molecule has 0 radical (unpaired) electrons. The summed E-state index contributed by atoms with van der Waals surface area (Å²) in [5.41, 5.74) is -0.763. The minimum Gasteiger partial charge on any atom is -0.373 e. The van der Waals surface area contributed by atoms with Gasteiger partial charge in [0.1, 0.15) is 40.2 Å². The normalized spacial score (nSPS) is 21.8. The van der Waals surface area contributed by atoms with Gasteiger partial charge in [-0.1, -0.05) is 32.1 Å². The molecule has 51 heavy (non-hydrogen) atoms. The number of hydrogen-bond acceptors (Lipinski definition) is 10. The summed E-state index contributed by atoms with van der Waals surface area (Å²) in [6, 6.07) is 3.87. The van der Waals surface area contributed by atoms with Crippen LogP contribution in [-0.2, 0) is 32.3 Å². The lowest BCUT2D eigenvalue weighted by atomic mass is 9.87. The van der Waals surface area contributed by atoms with Crippen molar-refractivity contribution in [3.05, 3.63) is 70.6 Å². The van der Waals surface area contributed by atoms with Gasteiger partial charge in [0, 0.05) is 47.7 Å². The molecule has 3 amide bonds. The Morgan fingerprint density at radius 3 is 2.63 bits per heavy atom. The van der Waals surface area contributed by atoms with Crippen LogP contribution in [0.5, 0.6) is 0 Å². The Morgan fingerprint density at radius 2 is 1.88 bits per heavy atom. The van der Waals surface area contributed by atoms with Crippen LogP contribution in [0.2, 0.25) is 0 Å². The van der Waals surface area contributed by atoms with Crippen molar-refractivity contribution in [1.29, 1.82) is 0 Å². The minimum absolute atomic E-state index is 0.113. The van der Waals surface area contributed by atoms with Crippen LogP contribution in [0, 0.1) is 12.3 Å². The number of likely N-dealkylation sites (tertiary alicyclic amines) is 1. The van der Waals surface area contributed by atoms with Crippen LogP contribution in [0.15, 0.2) is 53.5 Å². The number of amides is 3. The molecule has 6 heterocycles. The number of ketones is 1. The highest BCUT2D eigenvalue weighted by atomic mass is 79.9. The molecular formula is C35H37BrFN9O5. The van der Waals surface area contributed by atoms with Crippen molar-refractivity contribution in [2.24, 2.45) is 5.41 Å². The maximum Gasteiger partial charge on any atom is 0.248 e. The number of aromatic nitrogens is 6. The van der Waals surface area contributed by atoms with E-state index in [2.05, 4.69) is 51.6 Å². The van der Waals surface area contributed by atoms with Crippen LogP contribution in [0.4, 0.5) is 10.2 Å². The average molecular weight is 763 g/mol. The number of nitrogens with one attached hydrogen (secondary N) is 2. The number of pyridine rings is 2. The summed E-state index contributed by atoms with van der Waals surface area (Å²) < 4.78 is 24.3. The number of halogens is 2. The van der Waals surface area contributed by atoms with E-state index in [0.29, 0.717) is 44.6 Å². The van der Waals surface area contributed by atoms with Crippen LogP contribution in [-0.4, -0.2) is 89.5 Å². The molecule has 2 atom stereocenters. The first-order valence-electron chi connectivity index (χ1n) is 16.4. The fourth-order valence-corrected chi connectivity index (χ4v) is 6.37. The highest BCUT2D eigenvalue weighted by Crippen LogP contribution is 2.33. The number of fused-ring (bicyclic) bond motifs is 4. The summed E-state index contributed by atoms with van der Waals surface area (Å²) in [5.74, 6) is -1.20. The number of alkyl halides is 1.